The van der Waals surface area contributed by atoms with E-state index in [-0.39, 0.29) is 12.5 Å². The van der Waals surface area contributed by atoms with Crippen molar-refractivity contribution in [2.45, 2.75) is 32.5 Å². The van der Waals surface area contributed by atoms with Crippen molar-refractivity contribution in [3.05, 3.63) is 35.8 Å². The minimum Gasteiger partial charge on any atom is -0.269 e. The van der Waals surface area contributed by atoms with Crippen LogP contribution in [0.15, 0.2) is 18.6 Å². The van der Waals surface area contributed by atoms with E-state index >= 15 is 0 Å². The fourth-order valence-electron chi connectivity index (χ4n) is 2.84. The van der Waals surface area contributed by atoms with E-state index in [9.17, 15) is 13.2 Å². The summed E-state index contributed by atoms with van der Waals surface area (Å²) in [5, 5.41) is 13.0. The zero-order valence-electron chi connectivity index (χ0n) is 14.2. The summed E-state index contributed by atoms with van der Waals surface area (Å²) in [6, 6.07) is 1.03. The third kappa shape index (κ3) is 2.59. The lowest BCUT2D eigenvalue weighted by molar-refractivity contribution is -0.141. The summed E-state index contributed by atoms with van der Waals surface area (Å²) >= 11 is 0. The molecule has 4 aromatic heterocycles. The first-order valence-corrected chi connectivity index (χ1v) is 7.88. The number of aromatic nitrogens is 8. The summed E-state index contributed by atoms with van der Waals surface area (Å²) in [4.78, 5) is 8.82. The zero-order chi connectivity index (χ0) is 18.6. The molecule has 0 saturated heterocycles. The molecule has 11 heteroatoms. The van der Waals surface area contributed by atoms with Gasteiger partial charge in [0, 0.05) is 18.7 Å². The Kier molecular flexibility index (Phi) is 3.49. The Labute approximate surface area is 145 Å². The van der Waals surface area contributed by atoms with Gasteiger partial charge in [-0.15, -0.1) is 5.10 Å². The highest BCUT2D eigenvalue weighted by molar-refractivity contribution is 5.88. The van der Waals surface area contributed by atoms with Crippen molar-refractivity contribution >= 4 is 16.7 Å². The molecule has 1 atom stereocenters. The van der Waals surface area contributed by atoms with Crippen LogP contribution >= 0.6 is 0 Å². The van der Waals surface area contributed by atoms with E-state index in [1.54, 1.807) is 35.7 Å². The number of hydrogen-bond acceptors (Lipinski definition) is 5. The Bertz CT molecular complexity index is 1100. The standard InChI is InChI=1S/C15H15F3N8/c1-8(6-25-9(2)4-11(22-25)15(16,17)18)12-21-14-10-5-20-24(3)13(10)19-7-26(14)23-12/h4-5,7-8H,6H2,1-3H3/t8-/m0/s1. The van der Waals surface area contributed by atoms with Crippen LogP contribution in [0.3, 0.4) is 0 Å². The van der Waals surface area contributed by atoms with Crippen LogP contribution in [-0.2, 0) is 19.8 Å². The molecule has 0 aromatic carbocycles. The summed E-state index contributed by atoms with van der Waals surface area (Å²) in [7, 11) is 1.78. The first-order chi connectivity index (χ1) is 12.2. The molecule has 0 bridgehead atoms. The first kappa shape index (κ1) is 16.5. The van der Waals surface area contributed by atoms with E-state index in [2.05, 4.69) is 25.3 Å². The molecule has 0 aliphatic heterocycles. The second-order valence-corrected chi connectivity index (χ2v) is 6.24. The number of aryl methyl sites for hydroxylation is 2. The molecular weight excluding hydrogens is 349 g/mol. The van der Waals surface area contributed by atoms with Crippen LogP contribution in [-0.4, -0.2) is 39.1 Å². The minimum absolute atomic E-state index is 0.235. The van der Waals surface area contributed by atoms with E-state index in [1.165, 1.54) is 4.68 Å². The first-order valence-electron chi connectivity index (χ1n) is 7.88. The molecule has 4 heterocycles. The molecule has 4 aromatic rings. The Morgan fingerprint density at radius 1 is 1.19 bits per heavy atom. The Morgan fingerprint density at radius 3 is 2.65 bits per heavy atom. The van der Waals surface area contributed by atoms with Crippen molar-refractivity contribution in [1.82, 2.24) is 39.1 Å². The monoisotopic (exact) mass is 364 g/mol. The summed E-state index contributed by atoms with van der Waals surface area (Å²) in [5.74, 6) is 0.271. The maximum atomic E-state index is 12.8. The van der Waals surface area contributed by atoms with Gasteiger partial charge in [-0.1, -0.05) is 6.92 Å². The molecule has 0 spiro atoms. The molecule has 0 aliphatic rings. The van der Waals surface area contributed by atoms with Crippen molar-refractivity contribution < 1.29 is 13.2 Å². The number of fused-ring (bicyclic) bond motifs is 3. The van der Waals surface area contributed by atoms with E-state index in [0.29, 0.717) is 22.8 Å². The SMILES string of the molecule is Cc1cc(C(F)(F)F)nn1C[C@H](C)c1nc2c3cnn(C)c3ncn2n1. The van der Waals surface area contributed by atoms with Crippen LogP contribution in [0.2, 0.25) is 0 Å². The molecule has 0 radical (unpaired) electrons. The summed E-state index contributed by atoms with van der Waals surface area (Å²) in [6.07, 6.45) is -1.25. The van der Waals surface area contributed by atoms with Gasteiger partial charge in [0.15, 0.2) is 22.8 Å². The number of hydrogen-bond donors (Lipinski definition) is 0. The van der Waals surface area contributed by atoms with E-state index in [1.807, 2.05) is 6.92 Å². The van der Waals surface area contributed by atoms with Crippen molar-refractivity contribution in [1.29, 1.82) is 0 Å². The second kappa shape index (κ2) is 5.51. The Balaban J connectivity index is 1.67. The molecule has 26 heavy (non-hydrogen) atoms. The lowest BCUT2D eigenvalue weighted by Crippen LogP contribution is -2.12. The fraction of sp³-hybridized carbons (Fsp3) is 0.400. The third-order valence-corrected chi connectivity index (χ3v) is 4.24. The number of halogens is 3. The van der Waals surface area contributed by atoms with Crippen LogP contribution in [0.25, 0.3) is 16.7 Å². The van der Waals surface area contributed by atoms with Crippen LogP contribution in [0.4, 0.5) is 13.2 Å². The van der Waals surface area contributed by atoms with E-state index < -0.39 is 11.9 Å². The number of nitrogens with zero attached hydrogens (tertiary/aromatic N) is 8. The number of rotatable bonds is 3. The van der Waals surface area contributed by atoms with Gasteiger partial charge >= 0.3 is 6.18 Å². The van der Waals surface area contributed by atoms with Crippen molar-refractivity contribution in [3.63, 3.8) is 0 Å². The van der Waals surface area contributed by atoms with Crippen LogP contribution in [0.5, 0.6) is 0 Å². The maximum Gasteiger partial charge on any atom is 0.435 e. The molecule has 4 rings (SSSR count). The molecule has 8 nitrogen and oxygen atoms in total. The molecule has 0 aliphatic carbocycles. The van der Waals surface area contributed by atoms with E-state index in [0.717, 1.165) is 11.5 Å². The van der Waals surface area contributed by atoms with Crippen molar-refractivity contribution in [3.8, 4) is 0 Å². The second-order valence-electron chi connectivity index (χ2n) is 6.24. The molecule has 0 amide bonds. The van der Waals surface area contributed by atoms with Crippen LogP contribution in [0, 0.1) is 6.92 Å². The normalized spacial score (nSPS) is 13.8. The van der Waals surface area contributed by atoms with Crippen molar-refractivity contribution in [2.75, 3.05) is 0 Å². The molecule has 0 fully saturated rings. The van der Waals surface area contributed by atoms with Gasteiger partial charge in [-0.25, -0.2) is 14.5 Å². The van der Waals surface area contributed by atoms with Gasteiger partial charge in [0.1, 0.15) is 6.33 Å². The summed E-state index contributed by atoms with van der Waals surface area (Å²) in [6.45, 7) is 3.68. The van der Waals surface area contributed by atoms with E-state index in [4.69, 9.17) is 0 Å². The zero-order valence-corrected chi connectivity index (χ0v) is 14.2. The highest BCUT2D eigenvalue weighted by Crippen LogP contribution is 2.29. The Morgan fingerprint density at radius 2 is 1.96 bits per heavy atom. The fourth-order valence-corrected chi connectivity index (χ4v) is 2.84. The lowest BCUT2D eigenvalue weighted by atomic mass is 10.1. The lowest BCUT2D eigenvalue weighted by Gasteiger charge is -2.09. The smallest absolute Gasteiger partial charge is 0.269 e. The predicted octanol–water partition coefficient (Wildman–Crippen LogP) is 2.34. The molecule has 0 saturated carbocycles. The van der Waals surface area contributed by atoms with Gasteiger partial charge in [0.05, 0.1) is 18.1 Å². The van der Waals surface area contributed by atoms with Crippen LogP contribution in [0.1, 0.15) is 30.1 Å². The largest absolute Gasteiger partial charge is 0.435 e. The molecule has 136 valence electrons. The average Bonchev–Trinajstić information content (AvgIpc) is 3.24. The summed E-state index contributed by atoms with van der Waals surface area (Å²) in [5.41, 5.74) is 0.829. The van der Waals surface area contributed by atoms with Gasteiger partial charge in [-0.3, -0.25) is 9.36 Å². The highest BCUT2D eigenvalue weighted by Gasteiger charge is 2.34. The molecule has 0 unspecified atom stereocenters. The quantitative estimate of drug-likeness (QED) is 0.558. The topological polar surface area (TPSA) is 78.7 Å². The minimum atomic E-state index is -4.46. The third-order valence-electron chi connectivity index (χ3n) is 4.24. The highest BCUT2D eigenvalue weighted by atomic mass is 19.4. The number of alkyl halides is 3. The summed E-state index contributed by atoms with van der Waals surface area (Å²) < 4.78 is 43.0. The Hall–Kier alpha value is -2.98. The maximum absolute atomic E-state index is 12.8. The van der Waals surface area contributed by atoms with Gasteiger partial charge in [-0.2, -0.15) is 23.4 Å². The molecular formula is C15H15F3N8. The molecule has 0 N–H and O–H groups in total. The van der Waals surface area contributed by atoms with Crippen molar-refractivity contribution in [2.24, 2.45) is 7.05 Å². The van der Waals surface area contributed by atoms with Gasteiger partial charge in [-0.05, 0) is 13.0 Å². The van der Waals surface area contributed by atoms with Gasteiger partial charge in [0.25, 0.3) is 0 Å². The van der Waals surface area contributed by atoms with Gasteiger partial charge in [0.2, 0.25) is 0 Å². The van der Waals surface area contributed by atoms with Crippen LogP contribution < -0.4 is 0 Å². The predicted molar refractivity (Wildman–Crippen MR) is 85.4 cm³/mol. The van der Waals surface area contributed by atoms with Gasteiger partial charge < -0.3 is 0 Å². The average molecular weight is 364 g/mol.